The number of halogens is 1. The van der Waals surface area contributed by atoms with Crippen molar-refractivity contribution in [1.82, 2.24) is 0 Å². The van der Waals surface area contributed by atoms with Gasteiger partial charge >= 0.3 is 0 Å². The van der Waals surface area contributed by atoms with Crippen LogP contribution in [0.3, 0.4) is 0 Å². The highest BCUT2D eigenvalue weighted by molar-refractivity contribution is 9.10. The number of benzene rings is 2. The molecule has 0 saturated heterocycles. The van der Waals surface area contributed by atoms with Gasteiger partial charge in [0.05, 0.1) is 14.2 Å². The summed E-state index contributed by atoms with van der Waals surface area (Å²) >= 11 is 3.59. The van der Waals surface area contributed by atoms with Gasteiger partial charge in [-0.05, 0) is 18.2 Å². The van der Waals surface area contributed by atoms with Gasteiger partial charge in [0.2, 0.25) is 0 Å². The Labute approximate surface area is 144 Å². The van der Waals surface area contributed by atoms with E-state index in [1.807, 2.05) is 54.6 Å². The highest BCUT2D eigenvalue weighted by atomic mass is 79.9. The van der Waals surface area contributed by atoms with Crippen LogP contribution in [0.25, 0.3) is 11.3 Å². The zero-order valence-electron chi connectivity index (χ0n) is 13.0. The van der Waals surface area contributed by atoms with E-state index in [-0.39, 0.29) is 0 Å². The summed E-state index contributed by atoms with van der Waals surface area (Å²) in [4.78, 5) is 0. The van der Waals surface area contributed by atoms with Gasteiger partial charge in [-0.2, -0.15) is 0 Å². The summed E-state index contributed by atoms with van der Waals surface area (Å²) in [7, 11) is 3.29. The molecule has 0 atom stereocenters. The van der Waals surface area contributed by atoms with E-state index in [1.165, 1.54) is 0 Å². The SMILES string of the molecule is COc1cc(Br)c(Cc2ccc(-c3ccccc3)o2)c(OC)c1. The molecule has 0 aliphatic rings. The smallest absolute Gasteiger partial charge is 0.134 e. The van der Waals surface area contributed by atoms with E-state index < -0.39 is 0 Å². The van der Waals surface area contributed by atoms with E-state index in [0.29, 0.717) is 6.42 Å². The van der Waals surface area contributed by atoms with Crippen molar-refractivity contribution in [1.29, 1.82) is 0 Å². The third-order valence-electron chi connectivity index (χ3n) is 3.65. The lowest BCUT2D eigenvalue weighted by atomic mass is 10.1. The molecule has 3 rings (SSSR count). The molecule has 3 nitrogen and oxygen atoms in total. The van der Waals surface area contributed by atoms with E-state index in [9.17, 15) is 0 Å². The van der Waals surface area contributed by atoms with E-state index in [4.69, 9.17) is 13.9 Å². The minimum Gasteiger partial charge on any atom is -0.497 e. The molecule has 118 valence electrons. The predicted octanol–water partition coefficient (Wildman–Crippen LogP) is 5.32. The molecule has 0 fully saturated rings. The Kier molecular flexibility index (Phi) is 4.72. The van der Waals surface area contributed by atoms with Crippen molar-refractivity contribution in [2.45, 2.75) is 6.42 Å². The number of hydrogen-bond donors (Lipinski definition) is 0. The number of rotatable bonds is 5. The molecule has 0 saturated carbocycles. The Balaban J connectivity index is 1.90. The number of methoxy groups -OCH3 is 2. The lowest BCUT2D eigenvalue weighted by Gasteiger charge is -2.12. The van der Waals surface area contributed by atoms with Crippen molar-refractivity contribution in [3.63, 3.8) is 0 Å². The van der Waals surface area contributed by atoms with Gasteiger partial charge in [-0.25, -0.2) is 0 Å². The summed E-state index contributed by atoms with van der Waals surface area (Å²) in [5.74, 6) is 3.27. The summed E-state index contributed by atoms with van der Waals surface area (Å²) < 4.78 is 17.7. The molecule has 0 amide bonds. The minimum absolute atomic E-state index is 0.639. The van der Waals surface area contributed by atoms with Crippen molar-refractivity contribution in [2.75, 3.05) is 14.2 Å². The van der Waals surface area contributed by atoms with E-state index >= 15 is 0 Å². The van der Waals surface area contributed by atoms with Gasteiger partial charge in [0.25, 0.3) is 0 Å². The van der Waals surface area contributed by atoms with Crippen LogP contribution in [0.5, 0.6) is 11.5 Å². The summed E-state index contributed by atoms with van der Waals surface area (Å²) in [6.45, 7) is 0. The summed E-state index contributed by atoms with van der Waals surface area (Å²) in [5, 5.41) is 0. The lowest BCUT2D eigenvalue weighted by Crippen LogP contribution is -1.96. The molecule has 0 aliphatic heterocycles. The summed E-state index contributed by atoms with van der Waals surface area (Å²) in [6, 6.07) is 17.9. The molecule has 1 aromatic heterocycles. The summed E-state index contributed by atoms with van der Waals surface area (Å²) in [5.41, 5.74) is 2.10. The minimum atomic E-state index is 0.639. The fourth-order valence-corrected chi connectivity index (χ4v) is 3.03. The second-order valence-electron chi connectivity index (χ2n) is 5.10. The zero-order valence-corrected chi connectivity index (χ0v) is 14.6. The topological polar surface area (TPSA) is 31.6 Å². The van der Waals surface area contributed by atoms with E-state index in [0.717, 1.165) is 38.6 Å². The van der Waals surface area contributed by atoms with Crippen LogP contribution >= 0.6 is 15.9 Å². The Morgan fingerprint density at radius 2 is 1.74 bits per heavy atom. The maximum atomic E-state index is 5.98. The lowest BCUT2D eigenvalue weighted by molar-refractivity contribution is 0.390. The highest BCUT2D eigenvalue weighted by Gasteiger charge is 2.14. The van der Waals surface area contributed by atoms with Crippen molar-refractivity contribution in [3.8, 4) is 22.8 Å². The monoisotopic (exact) mass is 372 g/mol. The van der Waals surface area contributed by atoms with Gasteiger partial charge in [0.1, 0.15) is 23.0 Å². The molecular formula is C19H17BrO3. The standard InChI is InChI=1S/C19H17BrO3/c1-21-15-11-17(20)16(19(12-15)22-2)10-14-8-9-18(23-14)13-6-4-3-5-7-13/h3-9,11-12H,10H2,1-2H3. The van der Waals surface area contributed by atoms with Crippen molar-refractivity contribution < 1.29 is 13.9 Å². The van der Waals surface area contributed by atoms with E-state index in [1.54, 1.807) is 14.2 Å². The normalized spacial score (nSPS) is 10.6. The molecule has 23 heavy (non-hydrogen) atoms. The first kappa shape index (κ1) is 15.7. The van der Waals surface area contributed by atoms with Crippen LogP contribution in [0.15, 0.2) is 63.5 Å². The average Bonchev–Trinajstić information content (AvgIpc) is 3.06. The quantitative estimate of drug-likeness (QED) is 0.607. The second kappa shape index (κ2) is 6.92. The predicted molar refractivity (Wildman–Crippen MR) is 94.2 cm³/mol. The molecule has 0 radical (unpaired) electrons. The van der Waals surface area contributed by atoms with Gasteiger partial charge in [-0.3, -0.25) is 0 Å². The van der Waals surface area contributed by atoms with Crippen molar-refractivity contribution in [2.24, 2.45) is 0 Å². The highest BCUT2D eigenvalue weighted by Crippen LogP contribution is 2.35. The fourth-order valence-electron chi connectivity index (χ4n) is 2.46. The molecule has 0 unspecified atom stereocenters. The molecular weight excluding hydrogens is 356 g/mol. The van der Waals surface area contributed by atoms with Gasteiger partial charge in [-0.15, -0.1) is 0 Å². The van der Waals surface area contributed by atoms with Crippen LogP contribution in [-0.4, -0.2) is 14.2 Å². The number of furan rings is 1. The Morgan fingerprint density at radius 1 is 0.957 bits per heavy atom. The zero-order chi connectivity index (χ0) is 16.2. The maximum absolute atomic E-state index is 5.98. The number of hydrogen-bond acceptors (Lipinski definition) is 3. The third kappa shape index (κ3) is 3.42. The first-order valence-electron chi connectivity index (χ1n) is 7.26. The van der Waals surface area contributed by atoms with Crippen LogP contribution in [0, 0.1) is 0 Å². The van der Waals surface area contributed by atoms with Crippen LogP contribution in [0.4, 0.5) is 0 Å². The average molecular weight is 373 g/mol. The first-order valence-corrected chi connectivity index (χ1v) is 8.05. The van der Waals surface area contributed by atoms with Gasteiger partial charge in [0.15, 0.2) is 0 Å². The first-order chi connectivity index (χ1) is 11.2. The van der Waals surface area contributed by atoms with Crippen LogP contribution in [0.2, 0.25) is 0 Å². The van der Waals surface area contributed by atoms with Crippen LogP contribution < -0.4 is 9.47 Å². The van der Waals surface area contributed by atoms with Crippen LogP contribution in [-0.2, 0) is 6.42 Å². The van der Waals surface area contributed by atoms with Crippen molar-refractivity contribution >= 4 is 15.9 Å². The largest absolute Gasteiger partial charge is 0.497 e. The Bertz CT molecular complexity index is 794. The van der Waals surface area contributed by atoms with Crippen molar-refractivity contribution in [3.05, 3.63) is 70.4 Å². The third-order valence-corrected chi connectivity index (χ3v) is 4.36. The van der Waals surface area contributed by atoms with Gasteiger partial charge in [-0.1, -0.05) is 46.3 Å². The molecule has 0 spiro atoms. The molecule has 1 heterocycles. The maximum Gasteiger partial charge on any atom is 0.134 e. The molecule has 4 heteroatoms. The fraction of sp³-hybridized carbons (Fsp3) is 0.158. The van der Waals surface area contributed by atoms with Crippen LogP contribution in [0.1, 0.15) is 11.3 Å². The van der Waals surface area contributed by atoms with Gasteiger partial charge in [0, 0.05) is 28.1 Å². The molecule has 0 bridgehead atoms. The number of ether oxygens (including phenoxy) is 2. The molecule has 3 aromatic rings. The van der Waals surface area contributed by atoms with E-state index in [2.05, 4.69) is 15.9 Å². The summed E-state index contributed by atoms with van der Waals surface area (Å²) in [6.07, 6.45) is 0.639. The molecule has 0 aliphatic carbocycles. The molecule has 2 aromatic carbocycles. The Hall–Kier alpha value is -2.20. The Morgan fingerprint density at radius 3 is 2.43 bits per heavy atom. The second-order valence-corrected chi connectivity index (χ2v) is 5.95. The molecule has 0 N–H and O–H groups in total. The van der Waals surface area contributed by atoms with Gasteiger partial charge < -0.3 is 13.9 Å².